The van der Waals surface area contributed by atoms with E-state index in [1.165, 1.54) is 12.5 Å². The number of carbonyl (C=O) groups excluding carboxylic acids is 1. The second-order valence-corrected chi connectivity index (χ2v) is 2.74. The predicted molar refractivity (Wildman–Crippen MR) is 49.9 cm³/mol. The summed E-state index contributed by atoms with van der Waals surface area (Å²) in [6.45, 7) is 1.92. The third kappa shape index (κ3) is 4.28. The molecule has 3 nitrogen and oxygen atoms in total. The van der Waals surface area contributed by atoms with Crippen LogP contribution in [0.4, 0.5) is 0 Å². The van der Waals surface area contributed by atoms with Gasteiger partial charge in [0.25, 0.3) is 0 Å². The van der Waals surface area contributed by atoms with E-state index in [2.05, 4.69) is 5.48 Å². The Kier molecular flexibility index (Phi) is 3.99. The average Bonchev–Trinajstić information content (AvgIpc) is 2.14. The highest BCUT2D eigenvalue weighted by atomic mass is 16.6. The molecule has 13 heavy (non-hydrogen) atoms. The van der Waals surface area contributed by atoms with Crippen molar-refractivity contribution >= 4 is 5.91 Å². The fourth-order valence-corrected chi connectivity index (χ4v) is 0.966. The van der Waals surface area contributed by atoms with Crippen LogP contribution in [0.3, 0.4) is 0 Å². The van der Waals surface area contributed by atoms with Crippen molar-refractivity contribution in [1.82, 2.24) is 5.48 Å². The Labute approximate surface area is 77.7 Å². The molecule has 0 saturated heterocycles. The van der Waals surface area contributed by atoms with Gasteiger partial charge in [0.15, 0.2) is 0 Å². The Morgan fingerprint density at radius 3 is 2.69 bits per heavy atom. The molecule has 0 unspecified atom stereocenters. The van der Waals surface area contributed by atoms with E-state index in [1.807, 2.05) is 30.3 Å². The number of amides is 1. The van der Waals surface area contributed by atoms with Gasteiger partial charge < -0.3 is 0 Å². The molecule has 3 heteroatoms. The minimum absolute atomic E-state index is 0.173. The van der Waals surface area contributed by atoms with E-state index in [1.54, 1.807) is 0 Å². The molecule has 1 amide bonds. The van der Waals surface area contributed by atoms with Gasteiger partial charge in [0.2, 0.25) is 5.91 Å². The first-order valence-corrected chi connectivity index (χ1v) is 4.21. The van der Waals surface area contributed by atoms with Gasteiger partial charge in [0.05, 0.1) is 6.61 Å². The third-order valence-electron chi connectivity index (χ3n) is 1.55. The van der Waals surface area contributed by atoms with Gasteiger partial charge in [-0.25, -0.2) is 5.48 Å². The number of rotatable bonds is 4. The predicted octanol–water partition coefficient (Wildman–Crippen LogP) is 1.30. The monoisotopic (exact) mass is 179 g/mol. The summed E-state index contributed by atoms with van der Waals surface area (Å²) in [7, 11) is 0. The summed E-state index contributed by atoms with van der Waals surface area (Å²) in [6, 6.07) is 9.98. The van der Waals surface area contributed by atoms with Crippen LogP contribution in [0.25, 0.3) is 0 Å². The van der Waals surface area contributed by atoms with Gasteiger partial charge >= 0.3 is 0 Å². The van der Waals surface area contributed by atoms with E-state index < -0.39 is 0 Å². The van der Waals surface area contributed by atoms with Gasteiger partial charge in [-0.15, -0.1) is 0 Å². The molecule has 0 aromatic heterocycles. The Morgan fingerprint density at radius 1 is 1.38 bits per heavy atom. The minimum atomic E-state index is -0.173. The first-order chi connectivity index (χ1) is 6.29. The lowest BCUT2D eigenvalue weighted by molar-refractivity contribution is -0.131. The van der Waals surface area contributed by atoms with Crippen LogP contribution in [0.1, 0.15) is 12.5 Å². The molecule has 1 aromatic carbocycles. The summed E-state index contributed by atoms with van der Waals surface area (Å²) in [5, 5.41) is 0. The molecule has 0 atom stereocenters. The maximum atomic E-state index is 10.4. The number of hydrogen-bond donors (Lipinski definition) is 1. The molecular formula is C10H13NO2. The van der Waals surface area contributed by atoms with Crippen LogP contribution in [0.15, 0.2) is 30.3 Å². The van der Waals surface area contributed by atoms with Crippen molar-refractivity contribution < 1.29 is 9.63 Å². The van der Waals surface area contributed by atoms with Crippen molar-refractivity contribution in [1.29, 1.82) is 0 Å². The Morgan fingerprint density at radius 2 is 2.08 bits per heavy atom. The van der Waals surface area contributed by atoms with E-state index in [4.69, 9.17) is 4.84 Å². The standard InChI is InChI=1S/C10H13NO2/c1-9(12)11-13-8-7-10-5-3-2-4-6-10/h2-6H,7-8H2,1H3,(H,11,12). The van der Waals surface area contributed by atoms with Crippen molar-refractivity contribution in [3.05, 3.63) is 35.9 Å². The van der Waals surface area contributed by atoms with Gasteiger partial charge in [-0.2, -0.15) is 0 Å². The quantitative estimate of drug-likeness (QED) is 0.558. The summed E-state index contributed by atoms with van der Waals surface area (Å²) in [4.78, 5) is 15.3. The Hall–Kier alpha value is -1.35. The maximum absolute atomic E-state index is 10.4. The molecule has 1 aromatic rings. The molecule has 1 N–H and O–H groups in total. The molecule has 0 aliphatic rings. The minimum Gasteiger partial charge on any atom is -0.273 e. The average molecular weight is 179 g/mol. The lowest BCUT2D eigenvalue weighted by Crippen LogP contribution is -2.21. The number of nitrogens with one attached hydrogen (secondary N) is 1. The highest BCUT2D eigenvalue weighted by Crippen LogP contribution is 1.98. The normalized spacial score (nSPS) is 9.62. The summed E-state index contributed by atoms with van der Waals surface area (Å²) >= 11 is 0. The van der Waals surface area contributed by atoms with E-state index in [9.17, 15) is 4.79 Å². The molecule has 0 aliphatic heterocycles. The van der Waals surface area contributed by atoms with Gasteiger partial charge in [-0.1, -0.05) is 30.3 Å². The zero-order chi connectivity index (χ0) is 9.52. The van der Waals surface area contributed by atoms with Gasteiger partial charge in [0.1, 0.15) is 0 Å². The summed E-state index contributed by atoms with van der Waals surface area (Å²) in [5.41, 5.74) is 3.48. The van der Waals surface area contributed by atoms with E-state index in [-0.39, 0.29) is 5.91 Å². The van der Waals surface area contributed by atoms with Crippen LogP contribution < -0.4 is 5.48 Å². The molecule has 1 rings (SSSR count). The second-order valence-electron chi connectivity index (χ2n) is 2.74. The summed E-state index contributed by atoms with van der Waals surface area (Å²) < 4.78 is 0. The molecule has 0 radical (unpaired) electrons. The molecule has 0 heterocycles. The van der Waals surface area contributed by atoms with Crippen LogP contribution in [0.2, 0.25) is 0 Å². The van der Waals surface area contributed by atoms with Crippen LogP contribution in [-0.2, 0) is 16.1 Å². The van der Waals surface area contributed by atoms with Gasteiger partial charge in [-0.05, 0) is 12.0 Å². The largest absolute Gasteiger partial charge is 0.273 e. The number of hydrogen-bond acceptors (Lipinski definition) is 2. The van der Waals surface area contributed by atoms with Crippen LogP contribution in [-0.4, -0.2) is 12.5 Å². The third-order valence-corrected chi connectivity index (χ3v) is 1.55. The molecule has 70 valence electrons. The summed E-state index contributed by atoms with van der Waals surface area (Å²) in [6.07, 6.45) is 0.807. The van der Waals surface area contributed by atoms with Crippen molar-refractivity contribution in [2.45, 2.75) is 13.3 Å². The fraction of sp³-hybridized carbons (Fsp3) is 0.300. The van der Waals surface area contributed by atoms with Crippen LogP contribution in [0.5, 0.6) is 0 Å². The molecule has 0 fully saturated rings. The fourth-order valence-electron chi connectivity index (χ4n) is 0.966. The molecule has 0 aliphatic carbocycles. The summed E-state index contributed by atoms with van der Waals surface area (Å²) in [5.74, 6) is -0.173. The van der Waals surface area contributed by atoms with Gasteiger partial charge in [-0.3, -0.25) is 9.63 Å². The molecule has 0 saturated carbocycles. The van der Waals surface area contributed by atoms with Crippen molar-refractivity contribution in [2.24, 2.45) is 0 Å². The maximum Gasteiger partial charge on any atom is 0.240 e. The zero-order valence-electron chi connectivity index (χ0n) is 7.62. The topological polar surface area (TPSA) is 38.3 Å². The van der Waals surface area contributed by atoms with E-state index >= 15 is 0 Å². The molecule has 0 bridgehead atoms. The Bertz CT molecular complexity index is 259. The highest BCUT2D eigenvalue weighted by Gasteiger charge is 1.92. The first kappa shape index (κ1) is 9.74. The van der Waals surface area contributed by atoms with E-state index in [0.29, 0.717) is 6.61 Å². The number of hydroxylamine groups is 1. The van der Waals surface area contributed by atoms with E-state index in [0.717, 1.165) is 6.42 Å². The van der Waals surface area contributed by atoms with Gasteiger partial charge in [0, 0.05) is 6.92 Å². The van der Waals surface area contributed by atoms with Crippen LogP contribution in [0, 0.1) is 0 Å². The molecular weight excluding hydrogens is 166 g/mol. The smallest absolute Gasteiger partial charge is 0.240 e. The SMILES string of the molecule is CC(=O)NOCCc1ccccc1. The molecule has 0 spiro atoms. The van der Waals surface area contributed by atoms with Crippen LogP contribution >= 0.6 is 0 Å². The lowest BCUT2D eigenvalue weighted by Gasteiger charge is -2.02. The Balaban J connectivity index is 2.17. The first-order valence-electron chi connectivity index (χ1n) is 4.21. The zero-order valence-corrected chi connectivity index (χ0v) is 7.62. The van der Waals surface area contributed by atoms with Crippen molar-refractivity contribution in [3.63, 3.8) is 0 Å². The second kappa shape index (κ2) is 5.32. The number of carbonyl (C=O) groups is 1. The highest BCUT2D eigenvalue weighted by molar-refractivity contribution is 5.71. The number of benzene rings is 1. The van der Waals surface area contributed by atoms with Crippen molar-refractivity contribution in [2.75, 3.05) is 6.61 Å². The lowest BCUT2D eigenvalue weighted by atomic mass is 10.2. The van der Waals surface area contributed by atoms with Crippen molar-refractivity contribution in [3.8, 4) is 0 Å².